The van der Waals surface area contributed by atoms with Gasteiger partial charge in [-0.1, -0.05) is 18.5 Å². The van der Waals surface area contributed by atoms with Gasteiger partial charge < -0.3 is 20.1 Å². The van der Waals surface area contributed by atoms with E-state index in [4.69, 9.17) is 21.4 Å². The summed E-state index contributed by atoms with van der Waals surface area (Å²) in [6, 6.07) is 2.91. The quantitative estimate of drug-likeness (QED) is 0.876. The van der Waals surface area contributed by atoms with Crippen LogP contribution in [0.5, 0.6) is 5.75 Å². The van der Waals surface area contributed by atoms with Crippen LogP contribution >= 0.6 is 11.6 Å². The van der Waals surface area contributed by atoms with Crippen LogP contribution in [0.2, 0.25) is 5.02 Å². The number of ether oxygens (including phenoxy) is 1. The van der Waals surface area contributed by atoms with Gasteiger partial charge >= 0.3 is 12.0 Å². The van der Waals surface area contributed by atoms with Gasteiger partial charge in [-0.05, 0) is 18.6 Å². The normalized spacial score (nSPS) is 11.7. The summed E-state index contributed by atoms with van der Waals surface area (Å²) in [4.78, 5) is 24.2. The Bertz CT molecular complexity index is 548. The Morgan fingerprint density at radius 1 is 1.48 bits per heavy atom. The number of anilines is 1. The number of aliphatic carboxylic acids is 1. The van der Waals surface area contributed by atoms with Crippen molar-refractivity contribution < 1.29 is 19.4 Å². The van der Waals surface area contributed by atoms with E-state index >= 15 is 0 Å². The second-order valence-electron chi connectivity index (χ2n) is 4.85. The van der Waals surface area contributed by atoms with Crippen molar-refractivity contribution in [1.82, 2.24) is 4.90 Å². The highest BCUT2D eigenvalue weighted by Gasteiger charge is 2.18. The Morgan fingerprint density at radius 2 is 2.10 bits per heavy atom. The third-order valence-corrected chi connectivity index (χ3v) is 3.45. The highest BCUT2D eigenvalue weighted by atomic mass is 35.5. The average Bonchev–Trinajstić information content (AvgIpc) is 2.42. The molecule has 0 saturated heterocycles. The molecule has 0 aliphatic carbocycles. The first-order chi connectivity index (χ1) is 9.76. The van der Waals surface area contributed by atoms with Gasteiger partial charge in [0.15, 0.2) is 0 Å². The van der Waals surface area contributed by atoms with Crippen LogP contribution in [0.15, 0.2) is 12.1 Å². The van der Waals surface area contributed by atoms with E-state index in [2.05, 4.69) is 5.32 Å². The first-order valence-corrected chi connectivity index (χ1v) is 6.73. The fourth-order valence-electron chi connectivity index (χ4n) is 1.71. The van der Waals surface area contributed by atoms with Crippen molar-refractivity contribution in [2.45, 2.75) is 13.8 Å². The fourth-order valence-corrected chi connectivity index (χ4v) is 1.87. The molecule has 116 valence electrons. The number of nitrogens with zero attached hydrogens (tertiary/aromatic N) is 1. The van der Waals surface area contributed by atoms with Crippen molar-refractivity contribution in [3.8, 4) is 5.75 Å². The molecule has 0 aromatic heterocycles. The second-order valence-corrected chi connectivity index (χ2v) is 5.26. The summed E-state index contributed by atoms with van der Waals surface area (Å²) in [5.41, 5.74) is 1.29. The van der Waals surface area contributed by atoms with Gasteiger partial charge in [-0.15, -0.1) is 0 Å². The number of carbonyl (C=O) groups excluding carboxylic acids is 1. The van der Waals surface area contributed by atoms with Gasteiger partial charge in [0.05, 0.1) is 18.7 Å². The monoisotopic (exact) mass is 314 g/mol. The minimum atomic E-state index is -0.949. The van der Waals surface area contributed by atoms with Crippen molar-refractivity contribution in [2.24, 2.45) is 5.92 Å². The van der Waals surface area contributed by atoms with Crippen molar-refractivity contribution >= 4 is 29.3 Å². The van der Waals surface area contributed by atoms with Crippen LogP contribution in [0.3, 0.4) is 0 Å². The number of halogens is 1. The van der Waals surface area contributed by atoms with E-state index in [0.717, 1.165) is 5.56 Å². The maximum absolute atomic E-state index is 12.1. The van der Waals surface area contributed by atoms with Crippen molar-refractivity contribution in [3.05, 3.63) is 22.7 Å². The zero-order valence-electron chi connectivity index (χ0n) is 12.4. The molecule has 0 aliphatic rings. The molecule has 6 nitrogen and oxygen atoms in total. The Kier molecular flexibility index (Phi) is 5.84. The molecule has 1 aromatic carbocycles. The van der Waals surface area contributed by atoms with E-state index in [1.807, 2.05) is 6.92 Å². The highest BCUT2D eigenvalue weighted by Crippen LogP contribution is 2.31. The molecule has 0 bridgehead atoms. The number of aryl methyl sites for hydroxylation is 1. The first-order valence-electron chi connectivity index (χ1n) is 6.35. The van der Waals surface area contributed by atoms with E-state index in [9.17, 15) is 9.59 Å². The molecule has 1 atom stereocenters. The molecule has 7 heteroatoms. The summed E-state index contributed by atoms with van der Waals surface area (Å²) in [6.45, 7) is 3.46. The van der Waals surface area contributed by atoms with Gasteiger partial charge in [-0.3, -0.25) is 4.79 Å². The van der Waals surface area contributed by atoms with E-state index in [1.165, 1.54) is 19.1 Å². The van der Waals surface area contributed by atoms with Crippen LogP contribution in [0.25, 0.3) is 0 Å². The van der Waals surface area contributed by atoms with Gasteiger partial charge in [-0.2, -0.15) is 0 Å². The molecule has 1 aromatic rings. The van der Waals surface area contributed by atoms with Gasteiger partial charge in [0, 0.05) is 24.7 Å². The molecule has 2 N–H and O–H groups in total. The van der Waals surface area contributed by atoms with Crippen LogP contribution in [0.4, 0.5) is 10.5 Å². The molecule has 0 saturated carbocycles. The number of nitrogens with one attached hydrogen (secondary N) is 1. The lowest BCUT2D eigenvalue weighted by Crippen LogP contribution is -2.36. The standard InChI is InChI=1S/C14H19ClN2O4/c1-8-5-11(12(21-4)6-10(8)15)16-14(20)17(3)7-9(2)13(18)19/h5-6,9H,7H2,1-4H3,(H,16,20)(H,18,19). The van der Waals surface area contributed by atoms with Gasteiger partial charge in [0.1, 0.15) is 5.75 Å². The SMILES string of the molecule is COc1cc(Cl)c(C)cc1NC(=O)N(C)CC(C)C(=O)O. The number of amides is 2. The number of rotatable bonds is 5. The highest BCUT2D eigenvalue weighted by molar-refractivity contribution is 6.31. The number of carboxylic acids is 1. The zero-order chi connectivity index (χ0) is 16.2. The molecular weight excluding hydrogens is 296 g/mol. The molecule has 0 spiro atoms. The second kappa shape index (κ2) is 7.17. The van der Waals surface area contributed by atoms with E-state index < -0.39 is 17.9 Å². The average molecular weight is 315 g/mol. The summed E-state index contributed by atoms with van der Waals surface area (Å²) >= 11 is 6.00. The maximum atomic E-state index is 12.1. The van der Waals surface area contributed by atoms with Crippen molar-refractivity contribution in [3.63, 3.8) is 0 Å². The Morgan fingerprint density at radius 3 is 2.62 bits per heavy atom. The predicted molar refractivity (Wildman–Crippen MR) is 81.2 cm³/mol. The summed E-state index contributed by atoms with van der Waals surface area (Å²) in [5.74, 6) is -1.15. The first kappa shape index (κ1) is 17.1. The van der Waals surface area contributed by atoms with E-state index in [-0.39, 0.29) is 6.54 Å². The molecule has 2 amide bonds. The van der Waals surface area contributed by atoms with Gasteiger partial charge in [-0.25, -0.2) is 4.79 Å². The summed E-state index contributed by atoms with van der Waals surface area (Å²) in [6.07, 6.45) is 0. The lowest BCUT2D eigenvalue weighted by Gasteiger charge is -2.21. The van der Waals surface area contributed by atoms with Crippen LogP contribution in [-0.2, 0) is 4.79 Å². The topological polar surface area (TPSA) is 78.9 Å². The third-order valence-electron chi connectivity index (χ3n) is 3.04. The van der Waals surface area contributed by atoms with Crippen LogP contribution in [0.1, 0.15) is 12.5 Å². The van der Waals surface area contributed by atoms with Crippen LogP contribution in [-0.4, -0.2) is 42.7 Å². The number of carbonyl (C=O) groups is 2. The number of carboxylic acid groups (broad SMARTS) is 1. The molecular formula is C14H19ClN2O4. The zero-order valence-corrected chi connectivity index (χ0v) is 13.2. The van der Waals surface area contributed by atoms with Crippen molar-refractivity contribution in [1.29, 1.82) is 0 Å². The third kappa shape index (κ3) is 4.53. The number of benzene rings is 1. The van der Waals surface area contributed by atoms with E-state index in [0.29, 0.717) is 16.5 Å². The molecule has 1 unspecified atom stereocenters. The molecule has 21 heavy (non-hydrogen) atoms. The fraction of sp³-hybridized carbons (Fsp3) is 0.429. The van der Waals surface area contributed by atoms with Crippen LogP contribution in [0, 0.1) is 12.8 Å². The predicted octanol–water partition coefficient (Wildman–Crippen LogP) is 2.84. The van der Waals surface area contributed by atoms with Crippen LogP contribution < -0.4 is 10.1 Å². The van der Waals surface area contributed by atoms with Gasteiger partial charge in [0.2, 0.25) is 0 Å². The molecule has 0 radical (unpaired) electrons. The molecule has 0 fully saturated rings. The molecule has 0 heterocycles. The Balaban J connectivity index is 2.83. The lowest BCUT2D eigenvalue weighted by atomic mass is 10.2. The maximum Gasteiger partial charge on any atom is 0.321 e. The Labute approximate surface area is 128 Å². The Hall–Kier alpha value is -1.95. The summed E-state index contributed by atoms with van der Waals surface area (Å²) in [5, 5.41) is 12.1. The number of hydrogen-bond acceptors (Lipinski definition) is 3. The smallest absolute Gasteiger partial charge is 0.321 e. The largest absolute Gasteiger partial charge is 0.495 e. The number of hydrogen-bond donors (Lipinski definition) is 2. The number of urea groups is 1. The minimum absolute atomic E-state index is 0.107. The molecule has 1 rings (SSSR count). The van der Waals surface area contributed by atoms with E-state index in [1.54, 1.807) is 19.1 Å². The summed E-state index contributed by atoms with van der Waals surface area (Å²) < 4.78 is 5.17. The summed E-state index contributed by atoms with van der Waals surface area (Å²) in [7, 11) is 3.01. The van der Waals surface area contributed by atoms with Crippen molar-refractivity contribution in [2.75, 3.05) is 26.0 Å². The number of methoxy groups -OCH3 is 1. The lowest BCUT2D eigenvalue weighted by molar-refractivity contribution is -0.141. The van der Waals surface area contributed by atoms with Gasteiger partial charge in [0.25, 0.3) is 0 Å². The molecule has 0 aliphatic heterocycles. The minimum Gasteiger partial charge on any atom is -0.495 e.